The van der Waals surface area contributed by atoms with E-state index in [0.29, 0.717) is 35.9 Å². The molecule has 1 amide bonds. The lowest BCUT2D eigenvalue weighted by Gasteiger charge is -2.36. The summed E-state index contributed by atoms with van der Waals surface area (Å²) in [6.07, 6.45) is 2.15. The van der Waals surface area contributed by atoms with Gasteiger partial charge >= 0.3 is 0 Å². The normalized spacial score (nSPS) is 17.3. The van der Waals surface area contributed by atoms with Crippen LogP contribution in [0.25, 0.3) is 0 Å². The van der Waals surface area contributed by atoms with Crippen molar-refractivity contribution in [3.63, 3.8) is 0 Å². The Labute approximate surface area is 216 Å². The molecule has 37 heavy (non-hydrogen) atoms. The molecule has 0 unspecified atom stereocenters. The van der Waals surface area contributed by atoms with Crippen LogP contribution >= 0.6 is 0 Å². The number of rotatable bonds is 9. The average molecular weight is 503 g/mol. The zero-order valence-corrected chi connectivity index (χ0v) is 21.0. The summed E-state index contributed by atoms with van der Waals surface area (Å²) in [4.78, 5) is 24.7. The van der Waals surface area contributed by atoms with Crippen molar-refractivity contribution in [2.75, 3.05) is 42.2 Å². The maximum atomic E-state index is 15.2. The summed E-state index contributed by atoms with van der Waals surface area (Å²) in [5.74, 6) is 0.502. The highest BCUT2D eigenvalue weighted by Crippen LogP contribution is 2.27. The monoisotopic (exact) mass is 502 g/mol. The summed E-state index contributed by atoms with van der Waals surface area (Å²) in [5, 5.41) is 15.4. The molecule has 1 aliphatic heterocycles. The predicted octanol–water partition coefficient (Wildman–Crippen LogP) is 3.67. The lowest BCUT2D eigenvalue weighted by molar-refractivity contribution is 0.100. The van der Waals surface area contributed by atoms with E-state index >= 15 is 4.39 Å². The van der Waals surface area contributed by atoms with Crippen molar-refractivity contribution in [2.24, 2.45) is 5.73 Å². The van der Waals surface area contributed by atoms with Crippen LogP contribution in [0.3, 0.4) is 0 Å². The largest absolute Gasteiger partial charge is 0.378 e. The Kier molecular flexibility index (Phi) is 8.15. The Bertz CT molecular complexity index is 1260. The average Bonchev–Trinajstić information content (AvgIpc) is 2.91. The number of alkyl halides is 1. The van der Waals surface area contributed by atoms with Gasteiger partial charge in [-0.1, -0.05) is 19.1 Å². The van der Waals surface area contributed by atoms with Gasteiger partial charge in [0.15, 0.2) is 0 Å². The fourth-order valence-electron chi connectivity index (χ4n) is 4.22. The molecule has 3 aromatic rings. The standard InChI is InChI=1S/C27H31FN8O/c1-3-35(2)16-18-4-7-20(8-5-18)33-25-12-24(21(15-31-25)27(30)37)34-23-10-11-36(17-22(23)28)26-9-6-19(13-29)14-32-26/h4-9,12,14-15,22-23H,3,10-11,16-17H2,1-2H3,(H2,30,37)(H2,31,33,34)/t22-,23+/m0/s1. The van der Waals surface area contributed by atoms with Crippen LogP contribution in [0.5, 0.6) is 0 Å². The van der Waals surface area contributed by atoms with Gasteiger partial charge in [-0.2, -0.15) is 5.26 Å². The number of primary amides is 1. The van der Waals surface area contributed by atoms with Gasteiger partial charge in [0.25, 0.3) is 5.91 Å². The molecule has 0 radical (unpaired) electrons. The number of carbonyl (C=O) groups excluding carboxylic acids is 1. The molecule has 4 N–H and O–H groups in total. The second-order valence-corrected chi connectivity index (χ2v) is 9.15. The number of hydrogen-bond acceptors (Lipinski definition) is 8. The molecule has 0 bridgehead atoms. The summed E-state index contributed by atoms with van der Waals surface area (Å²) < 4.78 is 15.2. The number of anilines is 4. The van der Waals surface area contributed by atoms with E-state index in [9.17, 15) is 4.79 Å². The molecular weight excluding hydrogens is 471 g/mol. The number of carbonyl (C=O) groups is 1. The van der Waals surface area contributed by atoms with Gasteiger partial charge in [0.2, 0.25) is 0 Å². The first-order valence-corrected chi connectivity index (χ1v) is 12.2. The summed E-state index contributed by atoms with van der Waals surface area (Å²) in [6.45, 7) is 4.65. The number of nitrogens with one attached hydrogen (secondary N) is 2. The molecule has 1 aromatic carbocycles. The Morgan fingerprint density at radius 3 is 2.65 bits per heavy atom. The molecule has 2 aromatic heterocycles. The van der Waals surface area contributed by atoms with Crippen LogP contribution in [-0.2, 0) is 6.54 Å². The summed E-state index contributed by atoms with van der Waals surface area (Å²) in [7, 11) is 2.07. The van der Waals surface area contributed by atoms with Crippen LogP contribution in [0, 0.1) is 11.3 Å². The van der Waals surface area contributed by atoms with Gasteiger partial charge in [0.1, 0.15) is 23.9 Å². The van der Waals surface area contributed by atoms with E-state index < -0.39 is 18.1 Å². The van der Waals surface area contributed by atoms with Crippen molar-refractivity contribution in [3.8, 4) is 6.07 Å². The van der Waals surface area contributed by atoms with E-state index in [1.54, 1.807) is 18.2 Å². The zero-order chi connectivity index (χ0) is 26.4. The highest BCUT2D eigenvalue weighted by Gasteiger charge is 2.30. The summed E-state index contributed by atoms with van der Waals surface area (Å²) in [6, 6.07) is 14.6. The van der Waals surface area contributed by atoms with E-state index in [2.05, 4.69) is 51.6 Å². The summed E-state index contributed by atoms with van der Waals surface area (Å²) >= 11 is 0. The number of hydrogen-bond donors (Lipinski definition) is 3. The van der Waals surface area contributed by atoms with Gasteiger partial charge in [-0.15, -0.1) is 0 Å². The topological polar surface area (TPSA) is 123 Å². The third-order valence-corrected chi connectivity index (χ3v) is 6.47. The number of aromatic nitrogens is 2. The fraction of sp³-hybridized carbons (Fsp3) is 0.333. The number of amides is 1. The molecule has 0 aliphatic carbocycles. The van der Waals surface area contributed by atoms with Crippen LogP contribution < -0.4 is 21.3 Å². The van der Waals surface area contributed by atoms with Crippen LogP contribution in [0.4, 0.5) is 27.4 Å². The fourth-order valence-corrected chi connectivity index (χ4v) is 4.22. The van der Waals surface area contributed by atoms with Gasteiger partial charge in [0.05, 0.1) is 29.4 Å². The molecule has 1 fully saturated rings. The second kappa shape index (κ2) is 11.7. The minimum atomic E-state index is -1.22. The van der Waals surface area contributed by atoms with Gasteiger partial charge < -0.3 is 26.2 Å². The van der Waals surface area contributed by atoms with Crippen molar-refractivity contribution < 1.29 is 9.18 Å². The number of nitrogens with two attached hydrogens (primary N) is 1. The molecular formula is C27H31FN8O. The van der Waals surface area contributed by atoms with E-state index in [-0.39, 0.29) is 12.1 Å². The third-order valence-electron chi connectivity index (χ3n) is 6.47. The quantitative estimate of drug-likeness (QED) is 0.405. The molecule has 3 heterocycles. The van der Waals surface area contributed by atoms with Crippen LogP contribution in [0.1, 0.15) is 34.8 Å². The predicted molar refractivity (Wildman–Crippen MR) is 143 cm³/mol. The van der Waals surface area contributed by atoms with E-state index in [0.717, 1.165) is 18.8 Å². The molecule has 1 saturated heterocycles. The Morgan fingerprint density at radius 2 is 2.03 bits per heavy atom. The Morgan fingerprint density at radius 1 is 1.24 bits per heavy atom. The van der Waals surface area contributed by atoms with Crippen LogP contribution in [0.15, 0.2) is 54.9 Å². The lowest BCUT2D eigenvalue weighted by Crippen LogP contribution is -2.48. The van der Waals surface area contributed by atoms with Crippen molar-refractivity contribution in [3.05, 3.63) is 71.5 Å². The highest BCUT2D eigenvalue weighted by atomic mass is 19.1. The number of nitriles is 1. The van der Waals surface area contributed by atoms with Crippen molar-refractivity contribution in [1.29, 1.82) is 5.26 Å². The number of piperidine rings is 1. The van der Waals surface area contributed by atoms with Gasteiger partial charge in [0, 0.05) is 37.2 Å². The number of pyridine rings is 2. The van der Waals surface area contributed by atoms with Gasteiger partial charge in [-0.25, -0.2) is 14.4 Å². The SMILES string of the molecule is CCN(C)Cc1ccc(Nc2cc(N[C@@H]3CCN(c4ccc(C#N)cn4)C[C@@H]3F)c(C(N)=O)cn2)cc1. The molecule has 9 nitrogen and oxygen atoms in total. The number of nitrogens with zero attached hydrogens (tertiary/aromatic N) is 5. The maximum Gasteiger partial charge on any atom is 0.252 e. The lowest BCUT2D eigenvalue weighted by atomic mass is 10.0. The highest BCUT2D eigenvalue weighted by molar-refractivity contribution is 5.98. The van der Waals surface area contributed by atoms with Gasteiger partial charge in [-0.05, 0) is 49.8 Å². The first-order valence-electron chi connectivity index (χ1n) is 12.2. The van der Waals surface area contributed by atoms with E-state index in [1.165, 1.54) is 18.0 Å². The smallest absolute Gasteiger partial charge is 0.252 e. The van der Waals surface area contributed by atoms with E-state index in [1.807, 2.05) is 23.1 Å². The van der Waals surface area contributed by atoms with Gasteiger partial charge in [-0.3, -0.25) is 4.79 Å². The molecule has 0 saturated carbocycles. The molecule has 4 rings (SSSR count). The summed E-state index contributed by atoms with van der Waals surface area (Å²) in [5.41, 5.74) is 8.71. The molecule has 0 spiro atoms. The van der Waals surface area contributed by atoms with Crippen LogP contribution in [0.2, 0.25) is 0 Å². The number of benzene rings is 1. The maximum absolute atomic E-state index is 15.2. The molecule has 10 heteroatoms. The van der Waals surface area contributed by atoms with Crippen molar-refractivity contribution in [2.45, 2.75) is 32.1 Å². The molecule has 2 atom stereocenters. The third kappa shape index (κ3) is 6.51. The Balaban J connectivity index is 1.44. The first kappa shape index (κ1) is 25.9. The second-order valence-electron chi connectivity index (χ2n) is 9.15. The molecule has 1 aliphatic rings. The first-order chi connectivity index (χ1) is 17.9. The molecule has 192 valence electrons. The minimum absolute atomic E-state index is 0.137. The minimum Gasteiger partial charge on any atom is -0.378 e. The van der Waals surface area contributed by atoms with Crippen molar-refractivity contribution >= 4 is 28.9 Å². The zero-order valence-electron chi connectivity index (χ0n) is 21.0. The van der Waals surface area contributed by atoms with Crippen molar-refractivity contribution in [1.82, 2.24) is 14.9 Å². The van der Waals surface area contributed by atoms with E-state index in [4.69, 9.17) is 11.0 Å². The van der Waals surface area contributed by atoms with Crippen LogP contribution in [-0.4, -0.2) is 59.7 Å². The Hall–Kier alpha value is -4.23. The number of halogens is 1.